The van der Waals surface area contributed by atoms with Gasteiger partial charge in [0.15, 0.2) is 0 Å². The van der Waals surface area contributed by atoms with Crippen LogP contribution in [0, 0.1) is 11.3 Å². The van der Waals surface area contributed by atoms with E-state index in [9.17, 15) is 0 Å². The van der Waals surface area contributed by atoms with Gasteiger partial charge in [-0.15, -0.1) is 0 Å². The molecule has 3 heteroatoms. The standard InChI is InChI=1S/C11H21N3/c1-3-11(8-12)13-9-10(2)14-6-4-5-7-14/h10-11,13H,3-7,9H2,1-2H3. The van der Waals surface area contributed by atoms with Crippen LogP contribution in [0.25, 0.3) is 0 Å². The first-order valence-corrected chi connectivity index (χ1v) is 5.65. The van der Waals surface area contributed by atoms with Gasteiger partial charge in [0, 0.05) is 12.6 Å². The smallest absolute Gasteiger partial charge is 0.0950 e. The van der Waals surface area contributed by atoms with Crippen LogP contribution in [0.15, 0.2) is 0 Å². The Kier molecular flexibility index (Phi) is 4.92. The molecule has 0 spiro atoms. The van der Waals surface area contributed by atoms with Gasteiger partial charge in [-0.05, 0) is 39.3 Å². The van der Waals surface area contributed by atoms with Crippen molar-refractivity contribution in [1.29, 1.82) is 5.26 Å². The summed E-state index contributed by atoms with van der Waals surface area (Å²) in [7, 11) is 0. The zero-order chi connectivity index (χ0) is 10.4. The van der Waals surface area contributed by atoms with Gasteiger partial charge in [-0.2, -0.15) is 5.26 Å². The number of hydrogen-bond donors (Lipinski definition) is 1. The van der Waals surface area contributed by atoms with Crippen molar-refractivity contribution in [2.45, 2.75) is 45.2 Å². The lowest BCUT2D eigenvalue weighted by atomic mass is 10.2. The van der Waals surface area contributed by atoms with Gasteiger partial charge in [-0.25, -0.2) is 0 Å². The van der Waals surface area contributed by atoms with Gasteiger partial charge in [0.1, 0.15) is 0 Å². The number of nitriles is 1. The molecule has 0 aromatic rings. The van der Waals surface area contributed by atoms with Gasteiger partial charge in [-0.3, -0.25) is 4.90 Å². The molecule has 2 unspecified atom stereocenters. The molecule has 3 nitrogen and oxygen atoms in total. The second-order valence-corrected chi connectivity index (χ2v) is 4.09. The van der Waals surface area contributed by atoms with Gasteiger partial charge >= 0.3 is 0 Å². The topological polar surface area (TPSA) is 39.1 Å². The summed E-state index contributed by atoms with van der Waals surface area (Å²) < 4.78 is 0. The third-order valence-electron chi connectivity index (χ3n) is 2.99. The lowest BCUT2D eigenvalue weighted by molar-refractivity contribution is 0.249. The summed E-state index contributed by atoms with van der Waals surface area (Å²) in [5, 5.41) is 12.1. The molecule has 80 valence electrons. The lowest BCUT2D eigenvalue weighted by Crippen LogP contribution is -2.41. The number of nitrogens with zero attached hydrogens (tertiary/aromatic N) is 2. The summed E-state index contributed by atoms with van der Waals surface area (Å²) in [6, 6.07) is 2.87. The Bertz CT molecular complexity index is 191. The van der Waals surface area contributed by atoms with Crippen molar-refractivity contribution in [3.63, 3.8) is 0 Å². The van der Waals surface area contributed by atoms with E-state index in [0.717, 1.165) is 13.0 Å². The minimum Gasteiger partial charge on any atom is -0.300 e. The Morgan fingerprint density at radius 1 is 1.43 bits per heavy atom. The first kappa shape index (κ1) is 11.5. The Balaban J connectivity index is 2.20. The molecule has 0 aromatic heterocycles. The fourth-order valence-corrected chi connectivity index (χ4v) is 1.91. The van der Waals surface area contributed by atoms with E-state index < -0.39 is 0 Å². The fraction of sp³-hybridized carbons (Fsp3) is 0.909. The van der Waals surface area contributed by atoms with Crippen LogP contribution in [0.1, 0.15) is 33.1 Å². The summed E-state index contributed by atoms with van der Waals surface area (Å²) in [6.07, 6.45) is 3.56. The summed E-state index contributed by atoms with van der Waals surface area (Å²) in [4.78, 5) is 2.50. The maximum absolute atomic E-state index is 8.78. The van der Waals surface area contributed by atoms with Crippen LogP contribution in [0.4, 0.5) is 0 Å². The third kappa shape index (κ3) is 3.28. The monoisotopic (exact) mass is 195 g/mol. The molecule has 1 rings (SSSR count). The van der Waals surface area contributed by atoms with E-state index in [1.165, 1.54) is 25.9 Å². The molecule has 0 saturated carbocycles. The van der Waals surface area contributed by atoms with Crippen molar-refractivity contribution in [2.24, 2.45) is 0 Å². The van der Waals surface area contributed by atoms with E-state index in [1.807, 2.05) is 6.92 Å². The predicted molar refractivity (Wildman–Crippen MR) is 58.0 cm³/mol. The van der Waals surface area contributed by atoms with Crippen molar-refractivity contribution in [3.8, 4) is 6.07 Å². The molecule has 1 saturated heterocycles. The summed E-state index contributed by atoms with van der Waals surface area (Å²) in [5.41, 5.74) is 0. The molecule has 0 amide bonds. The van der Waals surface area contributed by atoms with Crippen molar-refractivity contribution in [3.05, 3.63) is 0 Å². The van der Waals surface area contributed by atoms with Crippen LogP contribution in [-0.2, 0) is 0 Å². The highest BCUT2D eigenvalue weighted by Gasteiger charge is 2.18. The van der Waals surface area contributed by atoms with Crippen LogP contribution in [-0.4, -0.2) is 36.6 Å². The first-order valence-electron chi connectivity index (χ1n) is 5.65. The van der Waals surface area contributed by atoms with Gasteiger partial charge in [-0.1, -0.05) is 6.92 Å². The average molecular weight is 195 g/mol. The molecular weight excluding hydrogens is 174 g/mol. The second kappa shape index (κ2) is 6.00. The zero-order valence-electron chi connectivity index (χ0n) is 9.29. The minimum atomic E-state index is 0.0278. The molecule has 14 heavy (non-hydrogen) atoms. The highest BCUT2D eigenvalue weighted by Crippen LogP contribution is 2.10. The number of nitrogens with one attached hydrogen (secondary N) is 1. The molecular formula is C11H21N3. The van der Waals surface area contributed by atoms with E-state index >= 15 is 0 Å². The predicted octanol–water partition coefficient (Wildman–Crippen LogP) is 1.36. The van der Waals surface area contributed by atoms with Crippen LogP contribution < -0.4 is 5.32 Å². The van der Waals surface area contributed by atoms with Crippen LogP contribution in [0.2, 0.25) is 0 Å². The molecule has 0 aliphatic carbocycles. The van der Waals surface area contributed by atoms with Gasteiger partial charge < -0.3 is 5.32 Å². The largest absolute Gasteiger partial charge is 0.300 e. The summed E-state index contributed by atoms with van der Waals surface area (Å²) in [6.45, 7) is 7.67. The van der Waals surface area contributed by atoms with Crippen LogP contribution in [0.5, 0.6) is 0 Å². The minimum absolute atomic E-state index is 0.0278. The maximum atomic E-state index is 8.78. The number of likely N-dealkylation sites (tertiary alicyclic amines) is 1. The Labute approximate surface area is 87.1 Å². The molecule has 0 bridgehead atoms. The number of rotatable bonds is 5. The zero-order valence-corrected chi connectivity index (χ0v) is 9.29. The van der Waals surface area contributed by atoms with E-state index in [1.54, 1.807) is 0 Å². The molecule has 1 aliphatic heterocycles. The third-order valence-corrected chi connectivity index (χ3v) is 2.99. The summed E-state index contributed by atoms with van der Waals surface area (Å²) >= 11 is 0. The van der Waals surface area contributed by atoms with Crippen LogP contribution >= 0.6 is 0 Å². The number of hydrogen-bond acceptors (Lipinski definition) is 3. The normalized spacial score (nSPS) is 21.8. The molecule has 1 fully saturated rings. The van der Waals surface area contributed by atoms with Crippen LogP contribution in [0.3, 0.4) is 0 Å². The van der Waals surface area contributed by atoms with E-state index in [-0.39, 0.29) is 6.04 Å². The Hall–Kier alpha value is -0.590. The SMILES string of the molecule is CCC(C#N)NCC(C)N1CCCC1. The maximum Gasteiger partial charge on any atom is 0.0950 e. The van der Waals surface area contributed by atoms with E-state index in [2.05, 4.69) is 23.2 Å². The quantitative estimate of drug-likeness (QED) is 0.720. The average Bonchev–Trinajstić information content (AvgIpc) is 2.72. The van der Waals surface area contributed by atoms with Gasteiger partial charge in [0.05, 0.1) is 12.1 Å². The highest BCUT2D eigenvalue weighted by atomic mass is 15.2. The highest BCUT2D eigenvalue weighted by molar-refractivity contribution is 4.89. The van der Waals surface area contributed by atoms with E-state index in [4.69, 9.17) is 5.26 Å². The van der Waals surface area contributed by atoms with Crippen molar-refractivity contribution in [2.75, 3.05) is 19.6 Å². The van der Waals surface area contributed by atoms with Crippen molar-refractivity contribution in [1.82, 2.24) is 10.2 Å². The first-order chi connectivity index (χ1) is 6.77. The molecule has 2 atom stereocenters. The summed E-state index contributed by atoms with van der Waals surface area (Å²) in [5.74, 6) is 0. The molecule has 0 aromatic carbocycles. The lowest BCUT2D eigenvalue weighted by Gasteiger charge is -2.24. The second-order valence-electron chi connectivity index (χ2n) is 4.09. The van der Waals surface area contributed by atoms with Gasteiger partial charge in [0.25, 0.3) is 0 Å². The fourth-order valence-electron chi connectivity index (χ4n) is 1.91. The Morgan fingerprint density at radius 2 is 2.07 bits per heavy atom. The van der Waals surface area contributed by atoms with E-state index in [0.29, 0.717) is 6.04 Å². The Morgan fingerprint density at radius 3 is 2.57 bits per heavy atom. The molecule has 1 N–H and O–H groups in total. The molecule has 1 heterocycles. The van der Waals surface area contributed by atoms with Crippen molar-refractivity contribution >= 4 is 0 Å². The molecule has 1 aliphatic rings. The van der Waals surface area contributed by atoms with Crippen molar-refractivity contribution < 1.29 is 0 Å². The molecule has 0 radical (unpaired) electrons. The van der Waals surface area contributed by atoms with Gasteiger partial charge in [0.2, 0.25) is 0 Å².